The van der Waals surface area contributed by atoms with Gasteiger partial charge in [0.25, 0.3) is 5.91 Å². The van der Waals surface area contributed by atoms with Crippen molar-refractivity contribution < 1.29 is 18.0 Å². The summed E-state index contributed by atoms with van der Waals surface area (Å²) in [5.74, 6) is -0.817. The van der Waals surface area contributed by atoms with Crippen LogP contribution < -0.4 is 11.1 Å². The summed E-state index contributed by atoms with van der Waals surface area (Å²) in [5, 5.41) is 3.06. The highest BCUT2D eigenvalue weighted by molar-refractivity contribution is 7.87. The molecule has 0 aromatic heterocycles. The quantitative estimate of drug-likeness (QED) is 0.450. The Labute approximate surface area is 218 Å². The first-order chi connectivity index (χ1) is 17.9. The van der Waals surface area contributed by atoms with Crippen molar-refractivity contribution in [1.29, 1.82) is 0 Å². The largest absolute Gasteiger partial charge is 0.351 e. The van der Waals surface area contributed by atoms with Crippen molar-refractivity contribution in [1.82, 2.24) is 13.9 Å². The lowest BCUT2D eigenvalue weighted by molar-refractivity contribution is -0.129. The Bertz CT molecular complexity index is 1290. The minimum absolute atomic E-state index is 0.0964. The van der Waals surface area contributed by atoms with Crippen LogP contribution in [0.1, 0.15) is 29.5 Å². The number of piperidine rings is 1. The molecule has 1 fully saturated rings. The molecule has 0 unspecified atom stereocenters. The highest BCUT2D eigenvalue weighted by atomic mass is 32.2. The van der Waals surface area contributed by atoms with E-state index in [2.05, 4.69) is 5.32 Å². The van der Waals surface area contributed by atoms with Crippen molar-refractivity contribution in [3.63, 3.8) is 0 Å². The Balaban J connectivity index is 1.55. The highest BCUT2D eigenvalue weighted by Crippen LogP contribution is 2.37. The van der Waals surface area contributed by atoms with Crippen LogP contribution in [0.3, 0.4) is 0 Å². The van der Waals surface area contributed by atoms with Crippen LogP contribution in [0.2, 0.25) is 0 Å². The molecule has 0 saturated carbocycles. The van der Waals surface area contributed by atoms with Crippen LogP contribution >= 0.6 is 0 Å². The molecule has 8 nitrogen and oxygen atoms in total. The van der Waals surface area contributed by atoms with E-state index in [-0.39, 0.29) is 38.4 Å². The second kappa shape index (κ2) is 11.7. The summed E-state index contributed by atoms with van der Waals surface area (Å²) in [6.45, 7) is 0.0528. The molecular formula is C28H32N4O4S. The Morgan fingerprint density at radius 2 is 1.35 bits per heavy atom. The fourth-order valence-corrected chi connectivity index (χ4v) is 6.31. The van der Waals surface area contributed by atoms with Gasteiger partial charge in [0.15, 0.2) is 0 Å². The predicted octanol–water partition coefficient (Wildman–Crippen LogP) is 2.57. The summed E-state index contributed by atoms with van der Waals surface area (Å²) < 4.78 is 29.3. The minimum Gasteiger partial charge on any atom is -0.351 e. The molecule has 37 heavy (non-hydrogen) atoms. The van der Waals surface area contributed by atoms with Gasteiger partial charge >= 0.3 is 10.2 Å². The third-order valence-corrected chi connectivity index (χ3v) is 8.77. The normalized spacial score (nSPS) is 15.6. The van der Waals surface area contributed by atoms with Crippen LogP contribution in [-0.4, -0.2) is 48.5 Å². The summed E-state index contributed by atoms with van der Waals surface area (Å²) in [6.07, 6.45) is 0.569. The van der Waals surface area contributed by atoms with E-state index in [0.717, 1.165) is 15.4 Å². The van der Waals surface area contributed by atoms with Crippen molar-refractivity contribution in [2.24, 2.45) is 5.73 Å². The molecule has 3 N–H and O–H groups in total. The monoisotopic (exact) mass is 520 g/mol. The number of hydrogen-bond acceptors (Lipinski definition) is 5. The molecule has 1 aliphatic rings. The lowest BCUT2D eigenvalue weighted by Gasteiger charge is -2.41. The van der Waals surface area contributed by atoms with Gasteiger partial charge in [0, 0.05) is 19.6 Å². The van der Waals surface area contributed by atoms with Crippen molar-refractivity contribution in [2.75, 3.05) is 19.6 Å². The maximum absolute atomic E-state index is 13.6. The Morgan fingerprint density at radius 3 is 1.89 bits per heavy atom. The van der Waals surface area contributed by atoms with E-state index in [1.54, 1.807) is 24.3 Å². The van der Waals surface area contributed by atoms with E-state index < -0.39 is 28.1 Å². The predicted molar refractivity (Wildman–Crippen MR) is 142 cm³/mol. The van der Waals surface area contributed by atoms with Gasteiger partial charge in [0.2, 0.25) is 5.91 Å². The number of benzene rings is 3. The topological polar surface area (TPSA) is 113 Å². The Hall–Kier alpha value is -3.53. The lowest BCUT2D eigenvalue weighted by atomic mass is 9.72. The zero-order chi connectivity index (χ0) is 26.3. The smallest absolute Gasteiger partial charge is 0.306 e. The molecule has 4 rings (SSSR count). The third kappa shape index (κ3) is 5.90. The fraction of sp³-hybridized carbons (Fsp3) is 0.286. The van der Waals surface area contributed by atoms with Crippen LogP contribution in [-0.2, 0) is 38.3 Å². The van der Waals surface area contributed by atoms with E-state index in [9.17, 15) is 18.0 Å². The molecule has 0 bridgehead atoms. The first-order valence-corrected chi connectivity index (χ1v) is 13.7. The van der Waals surface area contributed by atoms with Gasteiger partial charge in [-0.25, -0.2) is 4.31 Å². The average Bonchev–Trinajstić information content (AvgIpc) is 2.95. The van der Waals surface area contributed by atoms with Crippen molar-refractivity contribution >= 4 is 22.0 Å². The minimum atomic E-state index is -4.14. The third-order valence-electron chi connectivity index (χ3n) is 6.86. The maximum atomic E-state index is 13.6. The molecule has 0 aliphatic carbocycles. The maximum Gasteiger partial charge on any atom is 0.306 e. The molecule has 9 heteroatoms. The fourth-order valence-electron chi connectivity index (χ4n) is 4.74. The van der Waals surface area contributed by atoms with Crippen molar-refractivity contribution in [3.8, 4) is 0 Å². The second-order valence-corrected chi connectivity index (χ2v) is 11.0. The van der Waals surface area contributed by atoms with Crippen LogP contribution in [0.5, 0.6) is 0 Å². The van der Waals surface area contributed by atoms with Gasteiger partial charge in [-0.3, -0.25) is 9.59 Å². The molecule has 3 aromatic carbocycles. The molecule has 1 saturated heterocycles. The van der Waals surface area contributed by atoms with Gasteiger partial charge < -0.3 is 11.1 Å². The molecule has 1 aliphatic heterocycles. The summed E-state index contributed by atoms with van der Waals surface area (Å²) in [7, 11) is -4.14. The molecule has 2 amide bonds. The average molecular weight is 521 g/mol. The number of nitrogens with zero attached hydrogens (tertiary/aromatic N) is 2. The van der Waals surface area contributed by atoms with Crippen LogP contribution in [0.4, 0.5) is 0 Å². The van der Waals surface area contributed by atoms with E-state index in [1.165, 1.54) is 4.31 Å². The van der Waals surface area contributed by atoms with Gasteiger partial charge in [-0.05, 0) is 29.5 Å². The van der Waals surface area contributed by atoms with E-state index in [4.69, 9.17) is 5.73 Å². The lowest BCUT2D eigenvalue weighted by Crippen LogP contribution is -2.56. The summed E-state index contributed by atoms with van der Waals surface area (Å²) in [4.78, 5) is 26.2. The first kappa shape index (κ1) is 26.5. The van der Waals surface area contributed by atoms with Crippen LogP contribution in [0, 0.1) is 0 Å². The van der Waals surface area contributed by atoms with E-state index in [1.807, 2.05) is 66.7 Å². The van der Waals surface area contributed by atoms with Crippen molar-refractivity contribution in [2.45, 2.75) is 31.3 Å². The zero-order valence-electron chi connectivity index (χ0n) is 20.6. The second-order valence-electron chi connectivity index (χ2n) is 9.11. The molecule has 0 radical (unpaired) electrons. The molecule has 3 aromatic rings. The summed E-state index contributed by atoms with van der Waals surface area (Å²) in [6, 6.07) is 28.0. The Kier molecular flexibility index (Phi) is 8.38. The summed E-state index contributed by atoms with van der Waals surface area (Å²) >= 11 is 0. The number of hydrogen-bond donors (Lipinski definition) is 2. The molecule has 0 atom stereocenters. The molecule has 0 spiro atoms. The van der Waals surface area contributed by atoms with Gasteiger partial charge in [-0.2, -0.15) is 12.7 Å². The van der Waals surface area contributed by atoms with Crippen LogP contribution in [0.25, 0.3) is 0 Å². The Morgan fingerprint density at radius 1 is 0.838 bits per heavy atom. The first-order valence-electron chi connectivity index (χ1n) is 12.3. The highest BCUT2D eigenvalue weighted by Gasteiger charge is 2.46. The van der Waals surface area contributed by atoms with Gasteiger partial charge in [0.1, 0.15) is 0 Å². The summed E-state index contributed by atoms with van der Waals surface area (Å²) in [5.41, 5.74) is 7.19. The number of carbonyl (C=O) groups is 2. The standard InChI is InChI=1S/C28H32N4O4S/c29-20-26(33)32(22-24-12-6-2-7-13-24)37(35,36)31-18-16-28(17-19-31,25-14-8-3-9-15-25)27(34)30-21-23-10-4-1-5-11-23/h1-15H,16-22,29H2,(H,30,34). The molecular weight excluding hydrogens is 488 g/mol. The zero-order valence-corrected chi connectivity index (χ0v) is 21.4. The number of amides is 2. The van der Waals surface area contributed by atoms with Gasteiger partial charge in [0.05, 0.1) is 18.5 Å². The van der Waals surface area contributed by atoms with E-state index in [0.29, 0.717) is 12.1 Å². The molecule has 1 heterocycles. The SMILES string of the molecule is NCC(=O)N(Cc1ccccc1)S(=O)(=O)N1CCC(C(=O)NCc2ccccc2)(c2ccccc2)CC1. The van der Waals surface area contributed by atoms with Gasteiger partial charge in [-0.15, -0.1) is 0 Å². The van der Waals surface area contributed by atoms with E-state index >= 15 is 0 Å². The number of nitrogens with one attached hydrogen (secondary N) is 1. The van der Waals surface area contributed by atoms with Gasteiger partial charge in [-0.1, -0.05) is 91.0 Å². The van der Waals surface area contributed by atoms with Crippen LogP contribution in [0.15, 0.2) is 91.0 Å². The number of nitrogens with two attached hydrogens (primary N) is 1. The number of rotatable bonds is 9. The van der Waals surface area contributed by atoms with Crippen molar-refractivity contribution in [3.05, 3.63) is 108 Å². The number of carbonyl (C=O) groups excluding carboxylic acids is 2. The molecule has 194 valence electrons.